The number of nitrogens with one attached hydrogen (secondary N) is 2. The molecule has 0 aliphatic carbocycles. The third-order valence-corrected chi connectivity index (χ3v) is 3.59. The van der Waals surface area contributed by atoms with Crippen molar-refractivity contribution in [1.29, 1.82) is 0 Å². The number of hydrazine groups is 1. The molecule has 3 aromatic rings. The Morgan fingerprint density at radius 3 is 2.70 bits per heavy atom. The number of carbonyl (C=O) groups is 1. The SMILES string of the molecule is O=C(Cn1cnc2ccccc2c1=O)NNc1ccccc1Cl. The van der Waals surface area contributed by atoms with Crippen molar-refractivity contribution in [3.63, 3.8) is 0 Å². The summed E-state index contributed by atoms with van der Waals surface area (Å²) in [5.41, 5.74) is 6.14. The molecule has 2 N–H and O–H groups in total. The number of halogens is 1. The van der Waals surface area contributed by atoms with Gasteiger partial charge in [0.2, 0.25) is 0 Å². The van der Waals surface area contributed by atoms with Crippen LogP contribution >= 0.6 is 11.6 Å². The molecule has 0 atom stereocenters. The third kappa shape index (κ3) is 3.32. The Kier molecular flexibility index (Phi) is 4.25. The number of rotatable bonds is 4. The lowest BCUT2D eigenvalue weighted by molar-refractivity contribution is -0.121. The second kappa shape index (κ2) is 6.50. The van der Waals surface area contributed by atoms with Gasteiger partial charge in [-0.1, -0.05) is 35.9 Å². The second-order valence-electron chi connectivity index (χ2n) is 4.85. The van der Waals surface area contributed by atoms with Crippen LogP contribution in [0.4, 0.5) is 5.69 Å². The van der Waals surface area contributed by atoms with E-state index >= 15 is 0 Å². The van der Waals surface area contributed by atoms with E-state index in [1.165, 1.54) is 10.9 Å². The number of carbonyl (C=O) groups excluding carboxylic acids is 1. The molecule has 116 valence electrons. The molecule has 23 heavy (non-hydrogen) atoms. The highest BCUT2D eigenvalue weighted by Gasteiger charge is 2.08. The van der Waals surface area contributed by atoms with Gasteiger partial charge in [0, 0.05) is 0 Å². The first-order valence-electron chi connectivity index (χ1n) is 6.89. The molecule has 1 amide bonds. The Bertz CT molecular complexity index is 923. The molecule has 0 aliphatic rings. The van der Waals surface area contributed by atoms with Crippen molar-refractivity contribution in [3.05, 3.63) is 70.2 Å². The minimum Gasteiger partial charge on any atom is -0.297 e. The van der Waals surface area contributed by atoms with E-state index in [1.54, 1.807) is 48.5 Å². The summed E-state index contributed by atoms with van der Waals surface area (Å²) < 4.78 is 1.26. The molecule has 0 bridgehead atoms. The van der Waals surface area contributed by atoms with Crippen molar-refractivity contribution in [3.8, 4) is 0 Å². The highest BCUT2D eigenvalue weighted by molar-refractivity contribution is 6.33. The number of hydrogen-bond donors (Lipinski definition) is 2. The van der Waals surface area contributed by atoms with Gasteiger partial charge in [-0.25, -0.2) is 4.98 Å². The number of nitrogens with zero attached hydrogens (tertiary/aromatic N) is 2. The van der Waals surface area contributed by atoms with Crippen molar-refractivity contribution in [2.24, 2.45) is 0 Å². The summed E-state index contributed by atoms with van der Waals surface area (Å²) in [4.78, 5) is 28.4. The van der Waals surface area contributed by atoms with Crippen molar-refractivity contribution < 1.29 is 4.79 Å². The molecule has 7 heteroatoms. The van der Waals surface area contributed by atoms with E-state index in [-0.39, 0.29) is 18.0 Å². The van der Waals surface area contributed by atoms with Gasteiger partial charge >= 0.3 is 0 Å². The Balaban J connectivity index is 1.72. The van der Waals surface area contributed by atoms with Crippen LogP contribution in [0.25, 0.3) is 10.9 Å². The number of benzene rings is 2. The monoisotopic (exact) mass is 328 g/mol. The fraction of sp³-hybridized carbons (Fsp3) is 0.0625. The fourth-order valence-corrected chi connectivity index (χ4v) is 2.30. The second-order valence-corrected chi connectivity index (χ2v) is 5.25. The van der Waals surface area contributed by atoms with Gasteiger partial charge in [0.15, 0.2) is 0 Å². The van der Waals surface area contributed by atoms with Crippen LogP contribution in [0.3, 0.4) is 0 Å². The van der Waals surface area contributed by atoms with Crippen LogP contribution < -0.4 is 16.4 Å². The Morgan fingerprint density at radius 1 is 1.13 bits per heavy atom. The summed E-state index contributed by atoms with van der Waals surface area (Å²) in [7, 11) is 0. The molecule has 0 spiro atoms. The maximum absolute atomic E-state index is 12.3. The minimum absolute atomic E-state index is 0.145. The van der Waals surface area contributed by atoms with Crippen molar-refractivity contribution in [2.45, 2.75) is 6.54 Å². The lowest BCUT2D eigenvalue weighted by atomic mass is 10.2. The first-order valence-corrected chi connectivity index (χ1v) is 7.26. The van der Waals surface area contributed by atoms with Crippen LogP contribution in [0.2, 0.25) is 5.02 Å². The maximum atomic E-state index is 12.3. The summed E-state index contributed by atoms with van der Waals surface area (Å²) in [6.07, 6.45) is 1.36. The van der Waals surface area contributed by atoms with Crippen LogP contribution in [-0.4, -0.2) is 15.5 Å². The summed E-state index contributed by atoms with van der Waals surface area (Å²) in [5, 5.41) is 0.958. The van der Waals surface area contributed by atoms with Crippen LogP contribution in [0.5, 0.6) is 0 Å². The molecular formula is C16H13ClN4O2. The van der Waals surface area contributed by atoms with Crippen LogP contribution in [0.15, 0.2) is 59.7 Å². The van der Waals surface area contributed by atoms with Gasteiger partial charge in [-0.05, 0) is 24.3 Å². The highest BCUT2D eigenvalue weighted by atomic mass is 35.5. The molecule has 0 radical (unpaired) electrons. The van der Waals surface area contributed by atoms with E-state index in [0.29, 0.717) is 21.6 Å². The van der Waals surface area contributed by atoms with Gasteiger partial charge in [-0.2, -0.15) is 0 Å². The van der Waals surface area contributed by atoms with E-state index in [1.807, 2.05) is 0 Å². The predicted molar refractivity (Wildman–Crippen MR) is 89.2 cm³/mol. The van der Waals surface area contributed by atoms with Gasteiger partial charge in [0.1, 0.15) is 6.54 Å². The van der Waals surface area contributed by atoms with E-state index in [9.17, 15) is 9.59 Å². The summed E-state index contributed by atoms with van der Waals surface area (Å²) in [6, 6.07) is 14.0. The largest absolute Gasteiger partial charge is 0.297 e. The maximum Gasteiger partial charge on any atom is 0.261 e. The summed E-state index contributed by atoms with van der Waals surface area (Å²) in [5.74, 6) is -0.385. The average Bonchev–Trinajstić information content (AvgIpc) is 2.57. The smallest absolute Gasteiger partial charge is 0.261 e. The van der Waals surface area contributed by atoms with Gasteiger partial charge in [-0.3, -0.25) is 25.0 Å². The topological polar surface area (TPSA) is 76.0 Å². The number of aromatic nitrogens is 2. The van der Waals surface area contributed by atoms with E-state index in [2.05, 4.69) is 15.8 Å². The molecule has 1 aromatic heterocycles. The van der Waals surface area contributed by atoms with Crippen LogP contribution in [-0.2, 0) is 11.3 Å². The number of amides is 1. The Hall–Kier alpha value is -2.86. The quantitative estimate of drug-likeness (QED) is 0.720. The molecule has 0 unspecified atom stereocenters. The molecule has 0 aliphatic heterocycles. The van der Waals surface area contributed by atoms with Gasteiger partial charge in [0.25, 0.3) is 11.5 Å². The zero-order chi connectivity index (χ0) is 16.2. The van der Waals surface area contributed by atoms with Gasteiger partial charge in [-0.15, -0.1) is 0 Å². The van der Waals surface area contributed by atoms with Crippen molar-refractivity contribution >= 4 is 34.1 Å². The highest BCUT2D eigenvalue weighted by Crippen LogP contribution is 2.19. The third-order valence-electron chi connectivity index (χ3n) is 3.26. The standard InChI is InChI=1S/C16H13ClN4O2/c17-12-6-2-4-8-14(12)19-20-15(22)9-21-10-18-13-7-3-1-5-11(13)16(21)23/h1-8,10,19H,9H2,(H,20,22). The molecule has 3 rings (SSSR count). The number of anilines is 1. The van der Waals surface area contributed by atoms with Gasteiger partial charge in [0.05, 0.1) is 27.9 Å². The van der Waals surface area contributed by atoms with Crippen molar-refractivity contribution in [1.82, 2.24) is 15.0 Å². The van der Waals surface area contributed by atoms with Gasteiger partial charge < -0.3 is 0 Å². The lowest BCUT2D eigenvalue weighted by Crippen LogP contribution is -2.35. The normalized spacial score (nSPS) is 10.5. The average molecular weight is 329 g/mol. The summed E-state index contributed by atoms with van der Waals surface area (Å²) in [6.45, 7) is -0.145. The Labute approximate surface area is 136 Å². The first-order chi connectivity index (χ1) is 11.1. The molecule has 2 aromatic carbocycles. The number of para-hydroxylation sites is 2. The molecule has 1 heterocycles. The molecule has 0 saturated heterocycles. The number of hydrogen-bond acceptors (Lipinski definition) is 4. The van der Waals surface area contributed by atoms with Crippen LogP contribution in [0, 0.1) is 0 Å². The molecule has 6 nitrogen and oxygen atoms in total. The molecule has 0 saturated carbocycles. The zero-order valence-electron chi connectivity index (χ0n) is 12.0. The first kappa shape index (κ1) is 15.1. The molecule has 0 fully saturated rings. The lowest BCUT2D eigenvalue weighted by Gasteiger charge is -2.11. The number of fused-ring (bicyclic) bond motifs is 1. The van der Waals surface area contributed by atoms with Crippen molar-refractivity contribution in [2.75, 3.05) is 5.43 Å². The Morgan fingerprint density at radius 2 is 1.87 bits per heavy atom. The summed E-state index contributed by atoms with van der Waals surface area (Å²) >= 11 is 5.98. The van der Waals surface area contributed by atoms with E-state index in [0.717, 1.165) is 0 Å². The predicted octanol–water partition coefficient (Wildman–Crippen LogP) is 2.19. The zero-order valence-corrected chi connectivity index (χ0v) is 12.7. The van der Waals surface area contributed by atoms with Crippen LogP contribution in [0.1, 0.15) is 0 Å². The molecular weight excluding hydrogens is 316 g/mol. The van der Waals surface area contributed by atoms with E-state index < -0.39 is 0 Å². The fourth-order valence-electron chi connectivity index (χ4n) is 2.11. The van der Waals surface area contributed by atoms with E-state index in [4.69, 9.17) is 11.6 Å². The minimum atomic E-state index is -0.385.